The molecule has 2 aliphatic rings. The van der Waals surface area contributed by atoms with Gasteiger partial charge in [0, 0.05) is 62.0 Å². The first-order valence-corrected chi connectivity index (χ1v) is 11.3. The molecule has 5 nitrogen and oxygen atoms in total. The maximum Gasteiger partial charge on any atom is 0.254 e. The Labute approximate surface area is 193 Å². The zero-order valence-corrected chi connectivity index (χ0v) is 18.4. The van der Waals surface area contributed by atoms with E-state index in [1.807, 2.05) is 65.6 Å². The van der Waals surface area contributed by atoms with Crippen LogP contribution in [0.15, 0.2) is 78.9 Å². The molecule has 5 rings (SSSR count). The van der Waals surface area contributed by atoms with Crippen LogP contribution in [0.5, 0.6) is 0 Å². The van der Waals surface area contributed by atoms with E-state index in [9.17, 15) is 14.0 Å². The largest absolute Gasteiger partial charge is 0.336 e. The van der Waals surface area contributed by atoms with Crippen molar-refractivity contribution >= 4 is 11.8 Å². The minimum atomic E-state index is -0.386. The second-order valence-electron chi connectivity index (χ2n) is 8.62. The van der Waals surface area contributed by atoms with E-state index >= 15 is 0 Å². The van der Waals surface area contributed by atoms with Crippen molar-refractivity contribution in [1.29, 1.82) is 0 Å². The Morgan fingerprint density at radius 2 is 1.30 bits per heavy atom. The van der Waals surface area contributed by atoms with Crippen LogP contribution >= 0.6 is 0 Å². The molecule has 0 bridgehead atoms. The number of carbonyl (C=O) groups is 2. The average molecular weight is 444 g/mol. The number of amides is 2. The number of hydrogen-bond donors (Lipinski definition) is 0. The van der Waals surface area contributed by atoms with Gasteiger partial charge in [0.05, 0.1) is 0 Å². The first-order valence-electron chi connectivity index (χ1n) is 11.3. The third kappa shape index (κ3) is 4.39. The van der Waals surface area contributed by atoms with Crippen LogP contribution in [0.1, 0.15) is 20.7 Å². The number of rotatable bonds is 4. The monoisotopic (exact) mass is 443 g/mol. The van der Waals surface area contributed by atoms with Crippen molar-refractivity contribution in [2.24, 2.45) is 0 Å². The van der Waals surface area contributed by atoms with Crippen LogP contribution in [0.2, 0.25) is 0 Å². The number of likely N-dealkylation sites (tertiary alicyclic amines) is 1. The second-order valence-corrected chi connectivity index (χ2v) is 8.62. The van der Waals surface area contributed by atoms with Crippen LogP contribution < -0.4 is 0 Å². The van der Waals surface area contributed by atoms with Crippen LogP contribution in [0, 0.1) is 5.82 Å². The molecule has 2 heterocycles. The lowest BCUT2D eigenvalue weighted by molar-refractivity contribution is 0.00851. The standard InChI is InChI=1S/C27H26FN3O2/c28-25-17-22(11-12-24(25)20-7-3-1-4-8-20)27(33)31-18-23(19-31)29-13-15-30(16-14-29)26(32)21-9-5-2-6-10-21/h1-12,17,23H,13-16,18-19H2. The SMILES string of the molecule is O=C(c1ccccc1)N1CCN(C2CN(C(=O)c3ccc(-c4ccccc4)c(F)c3)C2)CC1. The summed E-state index contributed by atoms with van der Waals surface area (Å²) < 4.78 is 14.7. The van der Waals surface area contributed by atoms with E-state index in [0.717, 1.165) is 24.2 Å². The van der Waals surface area contributed by atoms with Crippen molar-refractivity contribution in [1.82, 2.24) is 14.7 Å². The summed E-state index contributed by atoms with van der Waals surface area (Å²) in [6.45, 7) is 4.23. The molecule has 33 heavy (non-hydrogen) atoms. The zero-order chi connectivity index (χ0) is 22.8. The molecule has 0 N–H and O–H groups in total. The predicted octanol–water partition coefficient (Wildman–Crippen LogP) is 3.78. The van der Waals surface area contributed by atoms with Crippen LogP contribution in [0.3, 0.4) is 0 Å². The normalized spacial score (nSPS) is 17.0. The predicted molar refractivity (Wildman–Crippen MR) is 125 cm³/mol. The summed E-state index contributed by atoms with van der Waals surface area (Å²) in [5.41, 5.74) is 2.39. The first-order chi connectivity index (χ1) is 16.1. The van der Waals surface area contributed by atoms with E-state index in [-0.39, 0.29) is 23.7 Å². The Morgan fingerprint density at radius 1 is 0.697 bits per heavy atom. The molecule has 0 aliphatic carbocycles. The summed E-state index contributed by atoms with van der Waals surface area (Å²) >= 11 is 0. The van der Waals surface area contributed by atoms with Crippen molar-refractivity contribution in [3.63, 3.8) is 0 Å². The van der Waals surface area contributed by atoms with Gasteiger partial charge in [-0.15, -0.1) is 0 Å². The Balaban J connectivity index is 1.14. The maximum atomic E-state index is 14.7. The molecule has 6 heteroatoms. The molecule has 3 aromatic rings. The highest BCUT2D eigenvalue weighted by molar-refractivity contribution is 5.95. The van der Waals surface area contributed by atoms with Gasteiger partial charge in [-0.05, 0) is 29.8 Å². The van der Waals surface area contributed by atoms with Crippen LogP contribution in [0.4, 0.5) is 4.39 Å². The summed E-state index contributed by atoms with van der Waals surface area (Å²) in [5.74, 6) is -0.451. The summed E-state index contributed by atoms with van der Waals surface area (Å²) in [6.07, 6.45) is 0. The highest BCUT2D eigenvalue weighted by Gasteiger charge is 2.37. The minimum Gasteiger partial charge on any atom is -0.336 e. The number of hydrogen-bond acceptors (Lipinski definition) is 3. The zero-order valence-electron chi connectivity index (χ0n) is 18.4. The molecule has 2 saturated heterocycles. The molecular formula is C27H26FN3O2. The Bertz CT molecular complexity index is 1140. The van der Waals surface area contributed by atoms with Crippen molar-refractivity contribution < 1.29 is 14.0 Å². The lowest BCUT2D eigenvalue weighted by Crippen LogP contribution is -2.64. The molecule has 0 unspecified atom stereocenters. The number of piperazine rings is 1. The van der Waals surface area contributed by atoms with Crippen molar-refractivity contribution in [3.8, 4) is 11.1 Å². The van der Waals surface area contributed by atoms with Crippen LogP contribution in [-0.4, -0.2) is 71.8 Å². The van der Waals surface area contributed by atoms with Crippen molar-refractivity contribution in [2.45, 2.75) is 6.04 Å². The lowest BCUT2D eigenvalue weighted by Gasteiger charge is -2.48. The fourth-order valence-corrected chi connectivity index (χ4v) is 4.59. The number of halogens is 1. The summed E-state index contributed by atoms with van der Waals surface area (Å²) in [6, 6.07) is 23.7. The van der Waals surface area contributed by atoms with Crippen molar-refractivity contribution in [2.75, 3.05) is 39.3 Å². The number of carbonyl (C=O) groups excluding carboxylic acids is 2. The quantitative estimate of drug-likeness (QED) is 0.617. The molecule has 2 fully saturated rings. The summed E-state index contributed by atoms with van der Waals surface area (Å²) in [5, 5.41) is 0. The fraction of sp³-hybridized carbons (Fsp3) is 0.259. The summed E-state index contributed by atoms with van der Waals surface area (Å²) in [7, 11) is 0. The Kier molecular flexibility index (Phi) is 5.92. The average Bonchev–Trinajstić information content (AvgIpc) is 2.84. The maximum absolute atomic E-state index is 14.7. The molecule has 2 amide bonds. The van der Waals surface area contributed by atoms with Crippen molar-refractivity contribution in [3.05, 3.63) is 95.8 Å². The van der Waals surface area contributed by atoms with Gasteiger partial charge >= 0.3 is 0 Å². The van der Waals surface area contributed by atoms with Crippen LogP contribution in [-0.2, 0) is 0 Å². The van der Waals surface area contributed by atoms with Gasteiger partial charge in [0.1, 0.15) is 5.82 Å². The molecule has 168 valence electrons. The van der Waals surface area contributed by atoms with Gasteiger partial charge in [0.15, 0.2) is 0 Å². The van der Waals surface area contributed by atoms with Gasteiger partial charge in [0.25, 0.3) is 11.8 Å². The number of nitrogens with zero attached hydrogens (tertiary/aromatic N) is 3. The topological polar surface area (TPSA) is 43.9 Å². The Hall–Kier alpha value is -3.51. The fourth-order valence-electron chi connectivity index (χ4n) is 4.59. The van der Waals surface area contributed by atoms with Crippen LogP contribution in [0.25, 0.3) is 11.1 Å². The van der Waals surface area contributed by atoms with E-state index in [1.165, 1.54) is 6.07 Å². The molecule has 0 radical (unpaired) electrons. The van der Waals surface area contributed by atoms with E-state index in [4.69, 9.17) is 0 Å². The molecule has 0 saturated carbocycles. The molecule has 2 aliphatic heterocycles. The van der Waals surface area contributed by atoms with E-state index in [2.05, 4.69) is 4.90 Å². The highest BCUT2D eigenvalue weighted by Crippen LogP contribution is 2.25. The van der Waals surface area contributed by atoms with Gasteiger partial charge in [-0.1, -0.05) is 54.6 Å². The molecule has 0 atom stereocenters. The smallest absolute Gasteiger partial charge is 0.254 e. The van der Waals surface area contributed by atoms with E-state index in [0.29, 0.717) is 37.3 Å². The molecule has 0 aromatic heterocycles. The van der Waals surface area contributed by atoms with Gasteiger partial charge in [-0.2, -0.15) is 0 Å². The first kappa shape index (κ1) is 21.3. The Morgan fingerprint density at radius 3 is 1.94 bits per heavy atom. The van der Waals surface area contributed by atoms with Gasteiger partial charge < -0.3 is 9.80 Å². The molecular weight excluding hydrogens is 417 g/mol. The lowest BCUT2D eigenvalue weighted by atomic mass is 10.0. The molecule has 3 aromatic carbocycles. The number of benzene rings is 3. The molecule has 0 spiro atoms. The van der Waals surface area contributed by atoms with Gasteiger partial charge in [-0.25, -0.2) is 4.39 Å². The van der Waals surface area contributed by atoms with Gasteiger partial charge in [-0.3, -0.25) is 14.5 Å². The third-order valence-electron chi connectivity index (χ3n) is 6.59. The van der Waals surface area contributed by atoms with E-state index < -0.39 is 0 Å². The third-order valence-corrected chi connectivity index (χ3v) is 6.59. The van der Waals surface area contributed by atoms with Gasteiger partial charge in [0.2, 0.25) is 0 Å². The highest BCUT2D eigenvalue weighted by atomic mass is 19.1. The second kappa shape index (κ2) is 9.16. The van der Waals surface area contributed by atoms with E-state index in [1.54, 1.807) is 17.0 Å². The minimum absolute atomic E-state index is 0.0710. The summed E-state index contributed by atoms with van der Waals surface area (Å²) in [4.78, 5) is 31.5.